The van der Waals surface area contributed by atoms with E-state index >= 15 is 0 Å². The van der Waals surface area contributed by atoms with E-state index < -0.39 is 0 Å². The Balaban J connectivity index is 2.54. The van der Waals surface area contributed by atoms with Crippen molar-refractivity contribution in [3.8, 4) is 11.3 Å². The Morgan fingerprint density at radius 1 is 1.19 bits per heavy atom. The molecule has 0 aliphatic rings. The Morgan fingerprint density at radius 2 is 1.94 bits per heavy atom. The van der Waals surface area contributed by atoms with Gasteiger partial charge < -0.3 is 0 Å². The predicted molar refractivity (Wildman–Crippen MR) is 68.0 cm³/mol. The van der Waals surface area contributed by atoms with Crippen LogP contribution in [0.4, 0.5) is 0 Å². The molecule has 0 unspecified atom stereocenters. The van der Waals surface area contributed by atoms with Gasteiger partial charge in [-0.25, -0.2) is 5.10 Å². The van der Waals surface area contributed by atoms with Gasteiger partial charge in [0.2, 0.25) is 0 Å². The molecule has 0 amide bonds. The molecule has 1 aromatic heterocycles. The van der Waals surface area contributed by atoms with Crippen molar-refractivity contribution in [2.45, 2.75) is 0 Å². The van der Waals surface area contributed by atoms with Crippen LogP contribution in [0.15, 0.2) is 33.5 Å². The van der Waals surface area contributed by atoms with Gasteiger partial charge in [0.1, 0.15) is 0 Å². The Kier molecular flexibility index (Phi) is 3.33. The number of rotatable bonds is 1. The van der Waals surface area contributed by atoms with E-state index in [0.717, 1.165) is 5.56 Å². The molecule has 0 atom stereocenters. The Labute approximate surface area is 110 Å². The largest absolute Gasteiger partial charge is 0.278 e. The van der Waals surface area contributed by atoms with Crippen LogP contribution in [-0.4, -0.2) is 10.2 Å². The van der Waals surface area contributed by atoms with E-state index in [1.165, 1.54) is 0 Å². The zero-order valence-electron chi connectivity index (χ0n) is 7.80. The third-order valence-electron chi connectivity index (χ3n) is 1.97. The van der Waals surface area contributed by atoms with Crippen LogP contribution >= 0.6 is 39.1 Å². The topological polar surface area (TPSA) is 45.8 Å². The van der Waals surface area contributed by atoms with Gasteiger partial charge in [-0.1, -0.05) is 29.3 Å². The van der Waals surface area contributed by atoms with Crippen molar-refractivity contribution >= 4 is 39.1 Å². The number of aromatic nitrogens is 2. The third kappa shape index (κ3) is 2.29. The quantitative estimate of drug-likeness (QED) is 0.874. The highest BCUT2D eigenvalue weighted by atomic mass is 79.9. The summed E-state index contributed by atoms with van der Waals surface area (Å²) in [5.74, 6) is 0. The number of nitrogens with one attached hydrogen (secondary N) is 1. The maximum absolute atomic E-state index is 11.1. The second-order valence-corrected chi connectivity index (χ2v) is 4.73. The van der Waals surface area contributed by atoms with Gasteiger partial charge in [-0.05, 0) is 34.1 Å². The van der Waals surface area contributed by atoms with Crippen LogP contribution < -0.4 is 5.56 Å². The van der Waals surface area contributed by atoms with Crippen molar-refractivity contribution in [3.05, 3.63) is 49.1 Å². The highest BCUT2D eigenvalue weighted by molar-refractivity contribution is 9.10. The smallest absolute Gasteiger partial charge is 0.267 e. The van der Waals surface area contributed by atoms with Gasteiger partial charge in [-0.3, -0.25) is 4.79 Å². The molecule has 82 valence electrons. The van der Waals surface area contributed by atoms with Gasteiger partial charge in [0.05, 0.1) is 20.2 Å². The van der Waals surface area contributed by atoms with Crippen LogP contribution in [0.1, 0.15) is 0 Å². The Morgan fingerprint density at radius 3 is 2.56 bits per heavy atom. The van der Waals surface area contributed by atoms with E-state index in [0.29, 0.717) is 20.2 Å². The molecule has 0 saturated carbocycles. The molecule has 0 bridgehead atoms. The Hall–Kier alpha value is -0.840. The highest BCUT2D eigenvalue weighted by Gasteiger charge is 2.05. The van der Waals surface area contributed by atoms with Crippen molar-refractivity contribution in [1.82, 2.24) is 10.2 Å². The molecular weight excluding hydrogens is 315 g/mol. The molecular formula is C10H5BrCl2N2O. The molecule has 2 aromatic rings. The van der Waals surface area contributed by atoms with E-state index in [9.17, 15) is 4.79 Å². The minimum atomic E-state index is -0.274. The summed E-state index contributed by atoms with van der Waals surface area (Å²) in [5, 5.41) is 7.21. The number of aromatic amines is 1. The summed E-state index contributed by atoms with van der Waals surface area (Å²) in [6.07, 6.45) is 0. The second-order valence-electron chi connectivity index (χ2n) is 3.06. The van der Waals surface area contributed by atoms with Crippen LogP contribution in [0.3, 0.4) is 0 Å². The predicted octanol–water partition coefficient (Wildman–Crippen LogP) is 3.51. The third-order valence-corrected chi connectivity index (χ3v) is 3.30. The van der Waals surface area contributed by atoms with Gasteiger partial charge in [0.15, 0.2) is 0 Å². The lowest BCUT2D eigenvalue weighted by Gasteiger charge is -2.02. The molecule has 0 aliphatic carbocycles. The number of halogens is 3. The first-order valence-electron chi connectivity index (χ1n) is 4.28. The molecule has 1 heterocycles. The lowest BCUT2D eigenvalue weighted by atomic mass is 10.1. The van der Waals surface area contributed by atoms with E-state index in [-0.39, 0.29) is 5.56 Å². The fourth-order valence-corrected chi connectivity index (χ4v) is 1.79. The summed E-state index contributed by atoms with van der Waals surface area (Å²) in [6.45, 7) is 0. The lowest BCUT2D eigenvalue weighted by molar-refractivity contribution is 0.985. The molecule has 3 nitrogen and oxygen atoms in total. The maximum Gasteiger partial charge on any atom is 0.278 e. The van der Waals surface area contributed by atoms with Crippen molar-refractivity contribution in [2.75, 3.05) is 0 Å². The van der Waals surface area contributed by atoms with E-state index in [4.69, 9.17) is 23.2 Å². The van der Waals surface area contributed by atoms with Crippen LogP contribution in [-0.2, 0) is 0 Å². The van der Waals surface area contributed by atoms with Crippen LogP contribution in [0.25, 0.3) is 11.3 Å². The number of nitrogens with zero attached hydrogens (tertiary/aromatic N) is 1. The first-order chi connectivity index (χ1) is 7.58. The van der Waals surface area contributed by atoms with Gasteiger partial charge in [-0.2, -0.15) is 5.10 Å². The fourth-order valence-electron chi connectivity index (χ4n) is 1.19. The minimum Gasteiger partial charge on any atom is -0.267 e. The first-order valence-corrected chi connectivity index (χ1v) is 5.83. The molecule has 2 rings (SSSR count). The summed E-state index contributed by atoms with van der Waals surface area (Å²) in [5.41, 5.74) is 1.13. The number of hydrogen-bond donors (Lipinski definition) is 1. The van der Waals surface area contributed by atoms with E-state index in [1.54, 1.807) is 24.3 Å². The summed E-state index contributed by atoms with van der Waals surface area (Å²) < 4.78 is 0.420. The van der Waals surface area contributed by atoms with Crippen molar-refractivity contribution in [3.63, 3.8) is 0 Å². The van der Waals surface area contributed by atoms with Crippen molar-refractivity contribution in [2.24, 2.45) is 0 Å². The van der Waals surface area contributed by atoms with Crippen molar-refractivity contribution < 1.29 is 0 Å². The summed E-state index contributed by atoms with van der Waals surface area (Å²) in [6, 6.07) is 6.77. The number of benzene rings is 1. The zero-order chi connectivity index (χ0) is 11.7. The van der Waals surface area contributed by atoms with E-state index in [1.807, 2.05) is 0 Å². The molecule has 0 radical (unpaired) electrons. The monoisotopic (exact) mass is 318 g/mol. The minimum absolute atomic E-state index is 0.274. The van der Waals surface area contributed by atoms with E-state index in [2.05, 4.69) is 26.1 Å². The van der Waals surface area contributed by atoms with Crippen LogP contribution in [0.2, 0.25) is 10.0 Å². The van der Waals surface area contributed by atoms with Crippen molar-refractivity contribution in [1.29, 1.82) is 0 Å². The molecule has 16 heavy (non-hydrogen) atoms. The molecule has 1 N–H and O–H groups in total. The van der Waals surface area contributed by atoms with Crippen LogP contribution in [0.5, 0.6) is 0 Å². The van der Waals surface area contributed by atoms with Gasteiger partial charge >= 0.3 is 0 Å². The van der Waals surface area contributed by atoms with Gasteiger partial charge in [0.25, 0.3) is 5.56 Å². The summed E-state index contributed by atoms with van der Waals surface area (Å²) in [4.78, 5) is 11.1. The molecule has 0 fully saturated rings. The molecule has 0 saturated heterocycles. The summed E-state index contributed by atoms with van der Waals surface area (Å²) in [7, 11) is 0. The first kappa shape index (κ1) is 11.6. The average Bonchev–Trinajstić information content (AvgIpc) is 2.26. The maximum atomic E-state index is 11.1. The number of H-pyrrole nitrogens is 1. The molecule has 0 spiro atoms. The Bertz CT molecular complexity index is 598. The SMILES string of the molecule is O=c1[nH]nc(-c2ccc(Cl)c(Cl)c2)cc1Br. The van der Waals surface area contributed by atoms with Gasteiger partial charge in [0, 0.05) is 5.56 Å². The second kappa shape index (κ2) is 4.57. The standard InChI is InChI=1S/C10H5BrCl2N2O/c11-6-4-9(14-15-10(6)16)5-1-2-7(12)8(13)3-5/h1-4H,(H,15,16). The zero-order valence-corrected chi connectivity index (χ0v) is 10.9. The van der Waals surface area contributed by atoms with Crippen LogP contribution in [0, 0.1) is 0 Å². The number of hydrogen-bond acceptors (Lipinski definition) is 2. The molecule has 6 heteroatoms. The normalized spacial score (nSPS) is 10.4. The fraction of sp³-hybridized carbons (Fsp3) is 0. The summed E-state index contributed by atoms with van der Waals surface area (Å²) >= 11 is 14.8. The lowest BCUT2D eigenvalue weighted by Crippen LogP contribution is -2.08. The average molecular weight is 320 g/mol. The molecule has 0 aliphatic heterocycles. The molecule has 1 aromatic carbocycles. The van der Waals surface area contributed by atoms with Gasteiger partial charge in [-0.15, -0.1) is 0 Å². The highest BCUT2D eigenvalue weighted by Crippen LogP contribution is 2.27.